The number of carbonyl (C=O) groups is 2. The number of amides is 2. The molecule has 10 nitrogen and oxygen atoms in total. The Labute approximate surface area is 190 Å². The third-order valence-electron chi connectivity index (χ3n) is 2.78. The predicted molar refractivity (Wildman–Crippen MR) is 99.8 cm³/mol. The molecule has 0 N–H and O–H groups in total. The van der Waals surface area contributed by atoms with Crippen molar-refractivity contribution in [1.29, 1.82) is 0 Å². The Morgan fingerprint density at radius 2 is 1.00 bits per heavy atom. The van der Waals surface area contributed by atoms with Gasteiger partial charge in [0, 0.05) is 38.3 Å². The molecule has 0 aliphatic carbocycles. The van der Waals surface area contributed by atoms with Crippen molar-refractivity contribution in [2.24, 2.45) is 0 Å². The predicted octanol–water partition coefficient (Wildman–Crippen LogP) is -1.25. The van der Waals surface area contributed by atoms with Gasteiger partial charge in [-0.1, -0.05) is 13.2 Å². The second kappa shape index (κ2) is 13.6. The standard InChI is InChI=1S/2C7H13NO4S.Ca/c2*1-6(2)7(9)8(3)4-5-13(10,11)12;/h2*1,4-5H2,2-3H3,(H,10,11,12);/q;;+2/p-2. The van der Waals surface area contributed by atoms with E-state index in [9.17, 15) is 35.5 Å². The van der Waals surface area contributed by atoms with Gasteiger partial charge in [0.15, 0.2) is 0 Å². The molecule has 152 valence electrons. The summed E-state index contributed by atoms with van der Waals surface area (Å²) in [7, 11) is -5.67. The molecule has 0 saturated heterocycles. The van der Waals surface area contributed by atoms with Crippen LogP contribution in [0.25, 0.3) is 0 Å². The summed E-state index contributed by atoms with van der Waals surface area (Å²) >= 11 is 0. The fourth-order valence-electron chi connectivity index (χ4n) is 1.35. The van der Waals surface area contributed by atoms with Gasteiger partial charge < -0.3 is 18.9 Å². The summed E-state index contributed by atoms with van der Waals surface area (Å²) in [4.78, 5) is 24.5. The van der Waals surface area contributed by atoms with Crippen LogP contribution in [-0.2, 0) is 29.8 Å². The van der Waals surface area contributed by atoms with E-state index in [1.54, 1.807) is 0 Å². The van der Waals surface area contributed by atoms with Crippen LogP contribution >= 0.6 is 0 Å². The Hall–Kier alpha value is -0.500. The Morgan fingerprint density at radius 3 is 1.15 bits per heavy atom. The zero-order valence-electron chi connectivity index (χ0n) is 15.9. The average molecular weight is 453 g/mol. The van der Waals surface area contributed by atoms with Crippen LogP contribution in [0.15, 0.2) is 24.3 Å². The molecule has 0 aliphatic rings. The molecule has 0 aromatic rings. The van der Waals surface area contributed by atoms with Gasteiger partial charge in [0.2, 0.25) is 11.8 Å². The summed E-state index contributed by atoms with van der Waals surface area (Å²) < 4.78 is 61.3. The zero-order chi connectivity index (χ0) is 21.3. The minimum absolute atomic E-state index is 0. The maximum atomic E-state index is 11.1. The largest absolute Gasteiger partial charge is 2.00 e. The molecule has 0 heterocycles. The SMILES string of the molecule is C=C(C)C(=O)N(C)CCS(=O)(=O)[O-].C=C(C)C(=O)N(C)CCS(=O)(=O)[O-].[Ca+2]. The van der Waals surface area contributed by atoms with Crippen LogP contribution in [0.4, 0.5) is 0 Å². The maximum Gasteiger partial charge on any atom is 2.00 e. The molecule has 0 unspecified atom stereocenters. The Balaban J connectivity index is -0.000000411. The van der Waals surface area contributed by atoms with Crippen LogP contribution in [0.1, 0.15) is 13.8 Å². The normalized spacial score (nSPS) is 10.6. The van der Waals surface area contributed by atoms with Crippen LogP contribution in [-0.4, -0.2) is 124 Å². The monoisotopic (exact) mass is 452 g/mol. The number of hydrogen-bond donors (Lipinski definition) is 0. The Bertz CT molecular complexity index is 683. The summed E-state index contributed by atoms with van der Waals surface area (Å²) in [6.07, 6.45) is 0. The molecule has 13 heteroatoms. The van der Waals surface area contributed by atoms with Crippen molar-refractivity contribution in [3.8, 4) is 0 Å². The van der Waals surface area contributed by atoms with Crippen molar-refractivity contribution in [3.05, 3.63) is 24.3 Å². The van der Waals surface area contributed by atoms with E-state index in [2.05, 4.69) is 13.2 Å². The van der Waals surface area contributed by atoms with E-state index >= 15 is 0 Å². The summed E-state index contributed by atoms with van der Waals surface area (Å²) in [6, 6.07) is 0. The van der Waals surface area contributed by atoms with Crippen molar-refractivity contribution in [1.82, 2.24) is 9.80 Å². The molecule has 0 bridgehead atoms. The fourth-order valence-corrected chi connectivity index (χ4v) is 2.35. The molecule has 0 aromatic carbocycles. The molecule has 0 atom stereocenters. The smallest absolute Gasteiger partial charge is 0.748 e. The second-order valence-electron chi connectivity index (χ2n) is 5.54. The topological polar surface area (TPSA) is 155 Å². The van der Waals surface area contributed by atoms with E-state index in [0.29, 0.717) is 11.1 Å². The van der Waals surface area contributed by atoms with Gasteiger partial charge in [-0.3, -0.25) is 9.59 Å². The van der Waals surface area contributed by atoms with Gasteiger partial charge in [-0.05, 0) is 13.8 Å². The number of rotatable bonds is 8. The molecule has 27 heavy (non-hydrogen) atoms. The van der Waals surface area contributed by atoms with Crippen molar-refractivity contribution >= 4 is 69.8 Å². The summed E-state index contributed by atoms with van der Waals surface area (Å²) in [6.45, 7) is 9.64. The van der Waals surface area contributed by atoms with Gasteiger partial charge in [0.1, 0.15) is 0 Å². The van der Waals surface area contributed by atoms with E-state index in [-0.39, 0.29) is 62.6 Å². The van der Waals surface area contributed by atoms with E-state index in [4.69, 9.17) is 0 Å². The van der Waals surface area contributed by atoms with E-state index in [0.717, 1.165) is 9.80 Å². The van der Waals surface area contributed by atoms with Gasteiger partial charge in [-0.25, -0.2) is 16.8 Å². The maximum absolute atomic E-state index is 11.1. The third-order valence-corrected chi connectivity index (χ3v) is 4.14. The number of likely N-dealkylation sites (N-methyl/N-ethyl adjacent to an activating group) is 2. The van der Waals surface area contributed by atoms with Gasteiger partial charge in [0.05, 0.1) is 31.7 Å². The first-order valence-corrected chi connectivity index (χ1v) is 10.3. The van der Waals surface area contributed by atoms with Crippen molar-refractivity contribution < 1.29 is 35.5 Å². The second-order valence-corrected chi connectivity index (χ2v) is 8.58. The minimum Gasteiger partial charge on any atom is -0.748 e. The molecule has 0 radical (unpaired) electrons. The minimum atomic E-state index is -4.25. The van der Waals surface area contributed by atoms with Crippen LogP contribution in [0.3, 0.4) is 0 Å². The number of carbonyl (C=O) groups excluding carboxylic acids is 2. The van der Waals surface area contributed by atoms with Gasteiger partial charge >= 0.3 is 37.7 Å². The molecular formula is C14H24CaN2O8S2. The molecule has 0 rings (SSSR count). The molecule has 0 saturated carbocycles. The first kappa shape index (κ1) is 31.2. The van der Waals surface area contributed by atoms with E-state index < -0.39 is 31.7 Å². The molecule has 0 aliphatic heterocycles. The van der Waals surface area contributed by atoms with E-state index in [1.165, 1.54) is 27.9 Å². The summed E-state index contributed by atoms with van der Waals surface area (Å²) in [5, 5.41) is 0. The van der Waals surface area contributed by atoms with Crippen LogP contribution in [0, 0.1) is 0 Å². The van der Waals surface area contributed by atoms with Crippen LogP contribution in [0.2, 0.25) is 0 Å². The Kier molecular flexibility index (Phi) is 15.8. The van der Waals surface area contributed by atoms with E-state index in [1.807, 2.05) is 0 Å². The average Bonchev–Trinajstić information content (AvgIpc) is 2.47. The molecule has 0 spiro atoms. The molecular weight excluding hydrogens is 428 g/mol. The fraction of sp³-hybridized carbons (Fsp3) is 0.571. The summed E-state index contributed by atoms with van der Waals surface area (Å²) in [5.41, 5.74) is 0.622. The van der Waals surface area contributed by atoms with Crippen LogP contribution < -0.4 is 0 Å². The van der Waals surface area contributed by atoms with Crippen molar-refractivity contribution in [2.75, 3.05) is 38.7 Å². The zero-order valence-corrected chi connectivity index (χ0v) is 19.8. The number of hydrogen-bond acceptors (Lipinski definition) is 8. The third kappa shape index (κ3) is 18.6. The first-order valence-electron chi connectivity index (χ1n) is 7.17. The van der Waals surface area contributed by atoms with Gasteiger partial charge in [-0.2, -0.15) is 0 Å². The summed E-state index contributed by atoms with van der Waals surface area (Å²) in [5.74, 6) is -1.85. The van der Waals surface area contributed by atoms with Crippen LogP contribution in [0.5, 0.6) is 0 Å². The quantitative estimate of drug-likeness (QED) is 0.251. The Morgan fingerprint density at radius 1 is 0.778 bits per heavy atom. The van der Waals surface area contributed by atoms with Crippen molar-refractivity contribution in [2.45, 2.75) is 13.8 Å². The molecule has 0 aromatic heterocycles. The van der Waals surface area contributed by atoms with Gasteiger partial charge in [-0.15, -0.1) is 0 Å². The number of nitrogens with zero attached hydrogens (tertiary/aromatic N) is 2. The molecule has 0 fully saturated rings. The molecule has 2 amide bonds. The first-order chi connectivity index (χ1) is 11.5. The van der Waals surface area contributed by atoms with Crippen molar-refractivity contribution in [3.63, 3.8) is 0 Å². The van der Waals surface area contributed by atoms with Gasteiger partial charge in [0.25, 0.3) is 0 Å².